The number of nitrogens with two attached hydrogens (primary N) is 1. The van der Waals surface area contributed by atoms with Crippen LogP contribution in [0.2, 0.25) is 0 Å². The van der Waals surface area contributed by atoms with E-state index in [4.69, 9.17) is 10.5 Å². The van der Waals surface area contributed by atoms with Crippen LogP contribution in [-0.2, 0) is 4.79 Å². The fourth-order valence-electron chi connectivity index (χ4n) is 2.10. The van der Waals surface area contributed by atoms with E-state index in [0.29, 0.717) is 18.5 Å². The average Bonchev–Trinajstić information content (AvgIpc) is 2.56. The van der Waals surface area contributed by atoms with Crippen LogP contribution in [0.5, 0.6) is 5.75 Å². The number of nitrogens with one attached hydrogen (secondary N) is 1. The van der Waals surface area contributed by atoms with Crippen LogP contribution < -0.4 is 15.8 Å². The van der Waals surface area contributed by atoms with Gasteiger partial charge in [-0.3, -0.25) is 4.79 Å². The second-order valence-electron chi connectivity index (χ2n) is 5.54. The first-order chi connectivity index (χ1) is 11.5. The zero-order chi connectivity index (χ0) is 17.5. The Morgan fingerprint density at radius 2 is 1.84 bits per heavy atom. The minimum atomic E-state index is -1.03. The van der Waals surface area contributed by atoms with Crippen LogP contribution in [0.25, 0.3) is 0 Å². The molecule has 2 aromatic carbocycles. The Hall–Kier alpha value is -2.18. The predicted octanol–water partition coefficient (Wildman–Crippen LogP) is 3.36. The molecule has 0 bridgehead atoms. The van der Waals surface area contributed by atoms with E-state index in [1.807, 2.05) is 13.0 Å². The van der Waals surface area contributed by atoms with Gasteiger partial charge in [-0.25, -0.2) is 8.78 Å². The minimum absolute atomic E-state index is 0. The zero-order valence-electron chi connectivity index (χ0n) is 13.7. The first-order valence-electron chi connectivity index (χ1n) is 7.67. The monoisotopic (exact) mass is 370 g/mol. The van der Waals surface area contributed by atoms with Crippen molar-refractivity contribution < 1.29 is 18.3 Å². The Morgan fingerprint density at radius 1 is 1.16 bits per heavy atom. The van der Waals surface area contributed by atoms with Crippen LogP contribution in [0.4, 0.5) is 8.78 Å². The Bertz CT molecular complexity index is 684. The van der Waals surface area contributed by atoms with Crippen LogP contribution in [0, 0.1) is 11.6 Å². The highest BCUT2D eigenvalue weighted by Crippen LogP contribution is 2.24. The van der Waals surface area contributed by atoms with Crippen LogP contribution in [0.1, 0.15) is 25.0 Å². The van der Waals surface area contributed by atoms with Gasteiger partial charge in [0.1, 0.15) is 5.75 Å². The van der Waals surface area contributed by atoms with Gasteiger partial charge in [-0.2, -0.15) is 0 Å². The molecule has 0 aliphatic rings. The number of rotatable bonds is 7. The summed E-state index contributed by atoms with van der Waals surface area (Å²) in [6.07, 6.45) is -0.345. The molecule has 0 saturated heterocycles. The Kier molecular flexibility index (Phi) is 8.31. The van der Waals surface area contributed by atoms with Crippen LogP contribution in [-0.4, -0.2) is 18.5 Å². The third-order valence-electron chi connectivity index (χ3n) is 3.38. The number of halogens is 3. The lowest BCUT2D eigenvalue weighted by Gasteiger charge is -2.19. The largest absolute Gasteiger partial charge is 0.476 e. The molecular formula is C18H21ClF2N2O2. The molecule has 2 rings (SSSR count). The molecule has 0 heterocycles. The van der Waals surface area contributed by atoms with E-state index >= 15 is 0 Å². The van der Waals surface area contributed by atoms with E-state index < -0.39 is 17.7 Å². The lowest BCUT2D eigenvalue weighted by molar-refractivity contribution is -0.128. The van der Waals surface area contributed by atoms with Gasteiger partial charge in [-0.1, -0.05) is 30.3 Å². The second-order valence-corrected chi connectivity index (χ2v) is 5.54. The summed E-state index contributed by atoms with van der Waals surface area (Å²) in [7, 11) is 0. The van der Waals surface area contributed by atoms with Crippen molar-refractivity contribution >= 4 is 18.3 Å². The maximum Gasteiger partial charge on any atom is 0.265 e. The van der Waals surface area contributed by atoms with Gasteiger partial charge in [0.25, 0.3) is 5.91 Å². The summed E-state index contributed by atoms with van der Waals surface area (Å²) in [5.74, 6) is -2.30. The zero-order valence-corrected chi connectivity index (χ0v) is 14.6. The summed E-state index contributed by atoms with van der Waals surface area (Å²) >= 11 is 0. The molecule has 0 radical (unpaired) electrons. The third kappa shape index (κ3) is 6.32. The summed E-state index contributed by atoms with van der Waals surface area (Å²) < 4.78 is 32.0. The van der Waals surface area contributed by atoms with Gasteiger partial charge >= 0.3 is 0 Å². The fraction of sp³-hybridized carbons (Fsp3) is 0.278. The topological polar surface area (TPSA) is 64.3 Å². The van der Waals surface area contributed by atoms with Crippen molar-refractivity contribution in [3.63, 3.8) is 0 Å². The summed E-state index contributed by atoms with van der Waals surface area (Å²) in [6.45, 7) is 2.25. The number of ether oxygens (including phenoxy) is 1. The van der Waals surface area contributed by atoms with Gasteiger partial charge in [0, 0.05) is 24.2 Å². The third-order valence-corrected chi connectivity index (χ3v) is 3.38. The van der Waals surface area contributed by atoms with Gasteiger partial charge in [0.2, 0.25) is 6.10 Å². The molecular weight excluding hydrogens is 350 g/mol. The normalized spacial score (nSPS) is 12.6. The highest BCUT2D eigenvalue weighted by atomic mass is 35.5. The van der Waals surface area contributed by atoms with Gasteiger partial charge in [0.05, 0.1) is 0 Å². The Labute approximate surface area is 151 Å². The number of benzene rings is 2. The first kappa shape index (κ1) is 20.9. The standard InChI is InChI=1S/C18H20F2N2O2.ClH/c1-12(21)9-10-22-18(23)17(13-5-3-2-4-6-13)24-14-7-8-15(19)16(20)11-14;/h2-8,11-12,17H,9-10,21H2,1H3,(H,22,23);1H. The SMILES string of the molecule is CC(N)CCNC(=O)C(Oc1ccc(F)c(F)c1)c1ccccc1.Cl. The van der Waals surface area contributed by atoms with E-state index in [1.54, 1.807) is 24.3 Å². The maximum atomic E-state index is 13.4. The lowest BCUT2D eigenvalue weighted by Crippen LogP contribution is -2.35. The van der Waals surface area contributed by atoms with Crippen molar-refractivity contribution in [3.05, 3.63) is 65.7 Å². The van der Waals surface area contributed by atoms with E-state index in [-0.39, 0.29) is 30.1 Å². The van der Waals surface area contributed by atoms with Crippen LogP contribution in [0.3, 0.4) is 0 Å². The van der Waals surface area contributed by atoms with Gasteiger partial charge in [-0.05, 0) is 25.5 Å². The van der Waals surface area contributed by atoms with Crippen molar-refractivity contribution in [2.75, 3.05) is 6.54 Å². The smallest absolute Gasteiger partial charge is 0.265 e. The summed E-state index contributed by atoms with van der Waals surface area (Å²) in [6, 6.07) is 11.9. The maximum absolute atomic E-state index is 13.4. The lowest BCUT2D eigenvalue weighted by atomic mass is 10.1. The summed E-state index contributed by atoms with van der Waals surface area (Å²) in [4.78, 5) is 12.4. The summed E-state index contributed by atoms with van der Waals surface area (Å²) in [5.41, 5.74) is 6.27. The number of hydrogen-bond donors (Lipinski definition) is 2. The molecule has 3 N–H and O–H groups in total. The van der Waals surface area contributed by atoms with Gasteiger partial charge in [0.15, 0.2) is 11.6 Å². The van der Waals surface area contributed by atoms with E-state index in [0.717, 1.165) is 12.1 Å². The quantitative estimate of drug-likeness (QED) is 0.785. The van der Waals surface area contributed by atoms with Crippen molar-refractivity contribution in [3.8, 4) is 5.75 Å². The molecule has 7 heteroatoms. The van der Waals surface area contributed by atoms with E-state index in [2.05, 4.69) is 5.32 Å². The highest BCUT2D eigenvalue weighted by Gasteiger charge is 2.22. The number of carbonyl (C=O) groups is 1. The molecule has 2 aromatic rings. The molecule has 0 fully saturated rings. The fourth-order valence-corrected chi connectivity index (χ4v) is 2.10. The number of hydrogen-bond acceptors (Lipinski definition) is 3. The molecule has 1 amide bonds. The minimum Gasteiger partial charge on any atom is -0.476 e. The Morgan fingerprint density at radius 3 is 2.44 bits per heavy atom. The van der Waals surface area contributed by atoms with Crippen molar-refractivity contribution in [1.29, 1.82) is 0 Å². The average molecular weight is 371 g/mol. The molecule has 4 nitrogen and oxygen atoms in total. The number of carbonyl (C=O) groups excluding carboxylic acids is 1. The second kappa shape index (κ2) is 9.96. The molecule has 0 saturated carbocycles. The number of amides is 1. The Balaban J connectivity index is 0.00000312. The first-order valence-corrected chi connectivity index (χ1v) is 7.67. The van der Waals surface area contributed by atoms with Crippen molar-refractivity contribution in [2.45, 2.75) is 25.5 Å². The van der Waals surface area contributed by atoms with Crippen LogP contribution >= 0.6 is 12.4 Å². The highest BCUT2D eigenvalue weighted by molar-refractivity contribution is 5.85. The van der Waals surface area contributed by atoms with Gasteiger partial charge in [-0.15, -0.1) is 12.4 Å². The molecule has 25 heavy (non-hydrogen) atoms. The van der Waals surface area contributed by atoms with E-state index in [9.17, 15) is 13.6 Å². The molecule has 2 unspecified atom stereocenters. The predicted molar refractivity (Wildman–Crippen MR) is 94.7 cm³/mol. The van der Waals surface area contributed by atoms with Crippen molar-refractivity contribution in [1.82, 2.24) is 5.32 Å². The molecule has 0 aliphatic carbocycles. The molecule has 2 atom stereocenters. The van der Waals surface area contributed by atoms with E-state index in [1.165, 1.54) is 6.07 Å². The molecule has 0 aliphatic heterocycles. The molecule has 0 aromatic heterocycles. The molecule has 136 valence electrons. The van der Waals surface area contributed by atoms with Crippen molar-refractivity contribution in [2.24, 2.45) is 5.73 Å². The van der Waals surface area contributed by atoms with Crippen LogP contribution in [0.15, 0.2) is 48.5 Å². The summed E-state index contributed by atoms with van der Waals surface area (Å²) in [5, 5.41) is 2.75. The van der Waals surface area contributed by atoms with Gasteiger partial charge < -0.3 is 15.8 Å². The molecule has 0 spiro atoms.